The molecule has 1 nitrogen and oxygen atoms in total. The third kappa shape index (κ3) is 3.40. The molecule has 0 heterocycles. The molecule has 12 heavy (non-hydrogen) atoms. The molecule has 0 spiro atoms. The summed E-state index contributed by atoms with van der Waals surface area (Å²) in [4.78, 5) is 0. The van der Waals surface area contributed by atoms with Crippen molar-refractivity contribution in [3.63, 3.8) is 0 Å². The van der Waals surface area contributed by atoms with Gasteiger partial charge in [-0.3, -0.25) is 0 Å². The van der Waals surface area contributed by atoms with Crippen molar-refractivity contribution in [1.82, 2.24) is 0 Å². The Hall–Kier alpha value is -0.300. The first-order valence-electron chi connectivity index (χ1n) is 5.02. The normalized spacial score (nSPS) is 26.6. The maximum absolute atomic E-state index is 9.12. The Kier molecular flexibility index (Phi) is 3.80. The molecule has 0 bridgehead atoms. The van der Waals surface area contributed by atoms with Gasteiger partial charge < -0.3 is 5.11 Å². The van der Waals surface area contributed by atoms with E-state index in [0.29, 0.717) is 0 Å². The zero-order valence-electron chi connectivity index (χ0n) is 8.21. The molecule has 0 saturated heterocycles. The molecule has 0 amide bonds. The summed E-state index contributed by atoms with van der Waals surface area (Å²) < 4.78 is 0. The summed E-state index contributed by atoms with van der Waals surface area (Å²) in [5.74, 6) is 0.836. The minimum Gasteiger partial charge on any atom is -0.393 e. The molecule has 2 atom stereocenters. The highest BCUT2D eigenvalue weighted by molar-refractivity contribution is 5.02. The van der Waals surface area contributed by atoms with Crippen LogP contribution in [-0.4, -0.2) is 11.2 Å². The molecule has 2 unspecified atom stereocenters. The average Bonchev–Trinajstić information content (AvgIpc) is 2.03. The van der Waals surface area contributed by atoms with E-state index in [4.69, 9.17) is 5.11 Å². The predicted octanol–water partition coefficient (Wildman–Crippen LogP) is 2.89. The average molecular weight is 168 g/mol. The third-order valence-electron chi connectivity index (χ3n) is 2.74. The van der Waals surface area contributed by atoms with Gasteiger partial charge in [-0.25, -0.2) is 0 Å². The lowest BCUT2D eigenvalue weighted by atomic mass is 9.86. The third-order valence-corrected chi connectivity index (χ3v) is 2.74. The van der Waals surface area contributed by atoms with Gasteiger partial charge in [0.25, 0.3) is 0 Å². The van der Waals surface area contributed by atoms with Crippen molar-refractivity contribution in [3.05, 3.63) is 11.6 Å². The van der Waals surface area contributed by atoms with Crippen LogP contribution in [0.15, 0.2) is 11.6 Å². The molecular weight excluding hydrogens is 148 g/mol. The summed E-state index contributed by atoms with van der Waals surface area (Å²) in [6.07, 6.45) is 8.24. The van der Waals surface area contributed by atoms with Crippen LogP contribution in [0.1, 0.15) is 46.0 Å². The van der Waals surface area contributed by atoms with Gasteiger partial charge in [-0.2, -0.15) is 0 Å². The van der Waals surface area contributed by atoms with Crippen LogP contribution in [0.25, 0.3) is 0 Å². The van der Waals surface area contributed by atoms with E-state index in [9.17, 15) is 0 Å². The maximum atomic E-state index is 9.12. The van der Waals surface area contributed by atoms with Gasteiger partial charge in [-0.05, 0) is 51.9 Å². The molecule has 0 radical (unpaired) electrons. The van der Waals surface area contributed by atoms with E-state index in [1.54, 1.807) is 5.57 Å². The molecule has 0 aromatic carbocycles. The second-order valence-corrected chi connectivity index (χ2v) is 4.12. The first-order chi connectivity index (χ1) is 5.68. The molecule has 0 saturated carbocycles. The van der Waals surface area contributed by atoms with Gasteiger partial charge in [-0.15, -0.1) is 0 Å². The second kappa shape index (κ2) is 4.66. The number of rotatable bonds is 3. The van der Waals surface area contributed by atoms with Gasteiger partial charge in [0.05, 0.1) is 6.10 Å². The minimum absolute atomic E-state index is 0.114. The fourth-order valence-corrected chi connectivity index (χ4v) is 1.76. The second-order valence-electron chi connectivity index (χ2n) is 4.12. The molecule has 1 aliphatic carbocycles. The fourth-order valence-electron chi connectivity index (χ4n) is 1.76. The van der Waals surface area contributed by atoms with Gasteiger partial charge in [0.1, 0.15) is 0 Å². The van der Waals surface area contributed by atoms with Crippen LogP contribution in [0.3, 0.4) is 0 Å². The SMILES string of the molecule is CC1=CCC(CCC(C)O)CC1. The van der Waals surface area contributed by atoms with Crippen molar-refractivity contribution < 1.29 is 5.11 Å². The van der Waals surface area contributed by atoms with Crippen LogP contribution in [0.2, 0.25) is 0 Å². The van der Waals surface area contributed by atoms with Crippen LogP contribution in [0, 0.1) is 5.92 Å². The molecule has 0 aromatic rings. The zero-order valence-corrected chi connectivity index (χ0v) is 8.21. The lowest BCUT2D eigenvalue weighted by Crippen LogP contribution is -2.08. The number of hydrogen-bond acceptors (Lipinski definition) is 1. The molecule has 1 heteroatoms. The monoisotopic (exact) mass is 168 g/mol. The maximum Gasteiger partial charge on any atom is 0.0512 e. The van der Waals surface area contributed by atoms with Gasteiger partial charge in [0.2, 0.25) is 0 Å². The van der Waals surface area contributed by atoms with Crippen LogP contribution in [-0.2, 0) is 0 Å². The van der Waals surface area contributed by atoms with E-state index >= 15 is 0 Å². The molecule has 1 aliphatic rings. The van der Waals surface area contributed by atoms with Crippen LogP contribution >= 0.6 is 0 Å². The number of aliphatic hydroxyl groups excluding tert-OH is 1. The molecular formula is C11H20O. The van der Waals surface area contributed by atoms with Gasteiger partial charge in [0, 0.05) is 0 Å². The minimum atomic E-state index is -0.114. The fraction of sp³-hybridized carbons (Fsp3) is 0.818. The van der Waals surface area contributed by atoms with Crippen molar-refractivity contribution >= 4 is 0 Å². The van der Waals surface area contributed by atoms with E-state index in [1.165, 1.54) is 25.7 Å². The number of aliphatic hydroxyl groups is 1. The number of hydrogen-bond donors (Lipinski definition) is 1. The molecule has 1 N–H and O–H groups in total. The molecule has 0 aromatic heterocycles. The van der Waals surface area contributed by atoms with Gasteiger partial charge in [0.15, 0.2) is 0 Å². The standard InChI is InChI=1S/C11H20O/c1-9-3-6-11(7-4-9)8-5-10(2)12/h3,10-12H,4-8H2,1-2H3. The van der Waals surface area contributed by atoms with E-state index < -0.39 is 0 Å². The van der Waals surface area contributed by atoms with E-state index in [1.807, 2.05) is 6.92 Å². The molecule has 70 valence electrons. The smallest absolute Gasteiger partial charge is 0.0512 e. The summed E-state index contributed by atoms with van der Waals surface area (Å²) in [6.45, 7) is 4.09. The number of allylic oxidation sites excluding steroid dienone is 2. The Morgan fingerprint density at radius 2 is 2.42 bits per heavy atom. The zero-order chi connectivity index (χ0) is 8.97. The Labute approximate surface area is 75.5 Å². The Balaban J connectivity index is 2.19. The van der Waals surface area contributed by atoms with Gasteiger partial charge in [-0.1, -0.05) is 11.6 Å². The van der Waals surface area contributed by atoms with Crippen molar-refractivity contribution in [2.24, 2.45) is 5.92 Å². The largest absolute Gasteiger partial charge is 0.393 e. The van der Waals surface area contributed by atoms with Crippen molar-refractivity contribution in [1.29, 1.82) is 0 Å². The highest BCUT2D eigenvalue weighted by atomic mass is 16.3. The summed E-state index contributed by atoms with van der Waals surface area (Å²) >= 11 is 0. The van der Waals surface area contributed by atoms with Gasteiger partial charge >= 0.3 is 0 Å². The molecule has 0 aliphatic heterocycles. The van der Waals surface area contributed by atoms with E-state index in [-0.39, 0.29) is 6.10 Å². The van der Waals surface area contributed by atoms with Crippen molar-refractivity contribution in [2.75, 3.05) is 0 Å². The quantitative estimate of drug-likeness (QED) is 0.642. The topological polar surface area (TPSA) is 20.2 Å². The van der Waals surface area contributed by atoms with E-state index in [0.717, 1.165) is 12.3 Å². The van der Waals surface area contributed by atoms with Crippen molar-refractivity contribution in [3.8, 4) is 0 Å². The summed E-state index contributed by atoms with van der Waals surface area (Å²) in [5, 5.41) is 9.12. The van der Waals surface area contributed by atoms with E-state index in [2.05, 4.69) is 13.0 Å². The van der Waals surface area contributed by atoms with Crippen LogP contribution < -0.4 is 0 Å². The highest BCUT2D eigenvalue weighted by Crippen LogP contribution is 2.26. The lowest BCUT2D eigenvalue weighted by molar-refractivity contribution is 0.171. The summed E-state index contributed by atoms with van der Waals surface area (Å²) in [6, 6.07) is 0. The highest BCUT2D eigenvalue weighted by Gasteiger charge is 2.12. The van der Waals surface area contributed by atoms with Crippen LogP contribution in [0.4, 0.5) is 0 Å². The molecule has 1 rings (SSSR count). The lowest BCUT2D eigenvalue weighted by Gasteiger charge is -2.20. The Morgan fingerprint density at radius 1 is 1.67 bits per heavy atom. The van der Waals surface area contributed by atoms with Crippen molar-refractivity contribution in [2.45, 2.75) is 52.1 Å². The first-order valence-corrected chi connectivity index (χ1v) is 5.02. The summed E-state index contributed by atoms with van der Waals surface area (Å²) in [5.41, 5.74) is 1.54. The Bertz CT molecular complexity index is 158. The summed E-state index contributed by atoms with van der Waals surface area (Å²) in [7, 11) is 0. The Morgan fingerprint density at radius 3 is 2.92 bits per heavy atom. The first kappa shape index (κ1) is 9.79. The molecule has 0 fully saturated rings. The predicted molar refractivity (Wildman–Crippen MR) is 52.0 cm³/mol. The van der Waals surface area contributed by atoms with Crippen LogP contribution in [0.5, 0.6) is 0 Å².